The minimum atomic E-state index is -0.201. The van der Waals surface area contributed by atoms with Gasteiger partial charge in [-0.2, -0.15) is 5.06 Å². The van der Waals surface area contributed by atoms with Crippen molar-refractivity contribution in [1.82, 2.24) is 5.06 Å². The zero-order valence-electron chi connectivity index (χ0n) is 16.7. The summed E-state index contributed by atoms with van der Waals surface area (Å²) in [5, 5.41) is 2.57. The first kappa shape index (κ1) is 20.9. The van der Waals surface area contributed by atoms with Crippen LogP contribution < -0.4 is 9.47 Å². The third kappa shape index (κ3) is 5.39. The Kier molecular flexibility index (Phi) is 7.57. The molecule has 2 aromatic rings. The van der Waals surface area contributed by atoms with Crippen LogP contribution in [-0.4, -0.2) is 32.1 Å². The van der Waals surface area contributed by atoms with Crippen LogP contribution in [-0.2, 0) is 16.2 Å². The van der Waals surface area contributed by atoms with Crippen molar-refractivity contribution in [3.63, 3.8) is 0 Å². The van der Waals surface area contributed by atoms with Gasteiger partial charge in [-0.25, -0.2) is 0 Å². The number of ether oxygens (including phenoxy) is 3. The van der Waals surface area contributed by atoms with Crippen molar-refractivity contribution in [3.05, 3.63) is 58.6 Å². The molecule has 2 aromatic carbocycles. The summed E-state index contributed by atoms with van der Waals surface area (Å²) in [7, 11) is 3.59. The van der Waals surface area contributed by atoms with E-state index in [4.69, 9.17) is 30.6 Å². The quantitative estimate of drug-likeness (QED) is 0.524. The molecule has 2 atom stereocenters. The van der Waals surface area contributed by atoms with Gasteiger partial charge < -0.3 is 14.2 Å². The Balaban J connectivity index is 1.64. The summed E-state index contributed by atoms with van der Waals surface area (Å²) >= 11 is 5.93. The van der Waals surface area contributed by atoms with E-state index in [0.29, 0.717) is 23.1 Å². The van der Waals surface area contributed by atoms with Crippen molar-refractivity contribution in [3.8, 4) is 11.5 Å². The molecule has 0 bridgehead atoms. The minimum Gasteiger partial charge on any atom is -0.493 e. The second kappa shape index (κ2) is 10.1. The van der Waals surface area contributed by atoms with Crippen LogP contribution in [0.2, 0.25) is 5.02 Å². The van der Waals surface area contributed by atoms with Crippen LogP contribution in [0.5, 0.6) is 11.5 Å². The maximum Gasteiger partial charge on any atom is 0.179 e. The third-order valence-electron chi connectivity index (χ3n) is 4.82. The van der Waals surface area contributed by atoms with E-state index in [-0.39, 0.29) is 12.3 Å². The predicted molar refractivity (Wildman–Crippen MR) is 110 cm³/mol. The van der Waals surface area contributed by atoms with Crippen molar-refractivity contribution < 1.29 is 19.0 Å². The van der Waals surface area contributed by atoms with E-state index >= 15 is 0 Å². The number of nitrogens with zero attached hydrogens (tertiary/aromatic N) is 1. The fourth-order valence-electron chi connectivity index (χ4n) is 3.19. The highest BCUT2D eigenvalue weighted by molar-refractivity contribution is 6.30. The van der Waals surface area contributed by atoms with Crippen molar-refractivity contribution >= 4 is 11.6 Å². The van der Waals surface area contributed by atoms with Crippen LogP contribution in [0.4, 0.5) is 0 Å². The van der Waals surface area contributed by atoms with E-state index in [1.807, 2.05) is 48.5 Å². The van der Waals surface area contributed by atoms with Gasteiger partial charge >= 0.3 is 0 Å². The molecule has 0 amide bonds. The van der Waals surface area contributed by atoms with Crippen LogP contribution in [0, 0.1) is 0 Å². The SMILES string of the molecule is CCCCOC1CC(c2ccc(OCc3ccc(Cl)cc3)c(OC)c2)N(C)O1. The number of hydrogen-bond donors (Lipinski definition) is 0. The average molecular weight is 406 g/mol. The number of rotatable bonds is 9. The Morgan fingerprint density at radius 1 is 1.14 bits per heavy atom. The average Bonchev–Trinajstić information content (AvgIpc) is 3.08. The molecule has 0 spiro atoms. The Labute approximate surface area is 172 Å². The lowest BCUT2D eigenvalue weighted by Gasteiger charge is -2.19. The van der Waals surface area contributed by atoms with Crippen LogP contribution in [0.25, 0.3) is 0 Å². The van der Waals surface area contributed by atoms with Gasteiger partial charge in [0.15, 0.2) is 17.8 Å². The topological polar surface area (TPSA) is 40.2 Å². The van der Waals surface area contributed by atoms with Crippen LogP contribution in [0.1, 0.15) is 43.4 Å². The second-order valence-corrected chi connectivity index (χ2v) is 7.32. The van der Waals surface area contributed by atoms with Crippen LogP contribution in [0.3, 0.4) is 0 Å². The Morgan fingerprint density at radius 3 is 2.64 bits per heavy atom. The van der Waals surface area contributed by atoms with E-state index in [0.717, 1.165) is 37.0 Å². The van der Waals surface area contributed by atoms with Crippen molar-refractivity contribution in [2.45, 2.75) is 45.1 Å². The molecule has 2 unspecified atom stereocenters. The summed E-state index contributed by atoms with van der Waals surface area (Å²) in [5.74, 6) is 1.41. The van der Waals surface area contributed by atoms with E-state index < -0.39 is 0 Å². The summed E-state index contributed by atoms with van der Waals surface area (Å²) in [6.07, 6.45) is 2.74. The number of hydroxylamine groups is 2. The molecule has 1 saturated heterocycles. The molecule has 1 heterocycles. The van der Waals surface area contributed by atoms with Gasteiger partial charge in [0.25, 0.3) is 0 Å². The molecule has 0 aliphatic carbocycles. The maximum absolute atomic E-state index is 5.95. The van der Waals surface area contributed by atoms with E-state index in [9.17, 15) is 0 Å². The van der Waals surface area contributed by atoms with Crippen molar-refractivity contribution in [2.75, 3.05) is 20.8 Å². The Bertz CT molecular complexity index is 753. The molecule has 0 radical (unpaired) electrons. The number of benzene rings is 2. The lowest BCUT2D eigenvalue weighted by molar-refractivity contribution is -0.229. The van der Waals surface area contributed by atoms with E-state index in [2.05, 4.69) is 13.0 Å². The molecular weight excluding hydrogens is 378 g/mol. The molecule has 1 fully saturated rings. The van der Waals surface area contributed by atoms with Gasteiger partial charge in [-0.05, 0) is 41.8 Å². The van der Waals surface area contributed by atoms with Gasteiger partial charge in [-0.1, -0.05) is 43.1 Å². The summed E-state index contributed by atoms with van der Waals surface area (Å²) in [4.78, 5) is 5.82. The van der Waals surface area contributed by atoms with Crippen LogP contribution in [0.15, 0.2) is 42.5 Å². The van der Waals surface area contributed by atoms with Crippen molar-refractivity contribution in [2.24, 2.45) is 0 Å². The second-order valence-electron chi connectivity index (χ2n) is 6.88. The summed E-state index contributed by atoms with van der Waals surface area (Å²) in [6, 6.07) is 13.7. The first-order valence-electron chi connectivity index (χ1n) is 9.67. The molecule has 3 rings (SSSR count). The van der Waals surface area contributed by atoms with E-state index in [1.165, 1.54) is 0 Å². The maximum atomic E-state index is 5.95. The Hall–Kier alpha value is -1.79. The molecule has 5 nitrogen and oxygen atoms in total. The van der Waals surface area contributed by atoms with Gasteiger partial charge in [-0.3, -0.25) is 4.84 Å². The normalized spacial score (nSPS) is 19.7. The molecule has 152 valence electrons. The molecular formula is C22H28ClNO4. The molecule has 0 aromatic heterocycles. The highest BCUT2D eigenvalue weighted by Crippen LogP contribution is 2.38. The monoisotopic (exact) mass is 405 g/mol. The van der Waals surface area contributed by atoms with Gasteiger partial charge in [0.1, 0.15) is 6.61 Å². The number of hydrogen-bond acceptors (Lipinski definition) is 5. The zero-order valence-corrected chi connectivity index (χ0v) is 17.4. The molecule has 1 aliphatic rings. The zero-order chi connectivity index (χ0) is 19.9. The fraction of sp³-hybridized carbons (Fsp3) is 0.455. The smallest absolute Gasteiger partial charge is 0.179 e. The summed E-state index contributed by atoms with van der Waals surface area (Å²) in [5.41, 5.74) is 2.16. The van der Waals surface area contributed by atoms with E-state index in [1.54, 1.807) is 7.11 Å². The van der Waals surface area contributed by atoms with Gasteiger partial charge in [-0.15, -0.1) is 0 Å². The Morgan fingerprint density at radius 2 is 1.93 bits per heavy atom. The fourth-order valence-corrected chi connectivity index (χ4v) is 3.31. The number of halogens is 1. The third-order valence-corrected chi connectivity index (χ3v) is 5.07. The predicted octanol–water partition coefficient (Wildman–Crippen LogP) is 5.38. The molecule has 28 heavy (non-hydrogen) atoms. The minimum absolute atomic E-state index is 0.117. The first-order chi connectivity index (χ1) is 13.6. The molecule has 6 heteroatoms. The first-order valence-corrected chi connectivity index (χ1v) is 10.0. The lowest BCUT2D eigenvalue weighted by atomic mass is 10.0. The highest BCUT2D eigenvalue weighted by atomic mass is 35.5. The van der Waals surface area contributed by atoms with Gasteiger partial charge in [0.05, 0.1) is 13.2 Å². The lowest BCUT2D eigenvalue weighted by Crippen LogP contribution is -2.18. The summed E-state index contributed by atoms with van der Waals surface area (Å²) < 4.78 is 17.3. The summed E-state index contributed by atoms with van der Waals surface area (Å²) in [6.45, 7) is 3.33. The largest absolute Gasteiger partial charge is 0.493 e. The molecule has 0 N–H and O–H groups in total. The molecule has 0 saturated carbocycles. The number of methoxy groups -OCH3 is 1. The van der Waals surface area contributed by atoms with Gasteiger partial charge in [0, 0.05) is 25.1 Å². The van der Waals surface area contributed by atoms with Crippen molar-refractivity contribution in [1.29, 1.82) is 0 Å². The van der Waals surface area contributed by atoms with Crippen LogP contribution >= 0.6 is 11.6 Å². The number of unbranched alkanes of at least 4 members (excludes halogenated alkanes) is 1. The van der Waals surface area contributed by atoms with Gasteiger partial charge in [0.2, 0.25) is 0 Å². The standard InChI is InChI=1S/C22H28ClNO4/c1-4-5-12-26-22-14-19(24(2)28-22)17-8-11-20(21(13-17)25-3)27-15-16-6-9-18(23)10-7-16/h6-11,13,19,22H,4-5,12,14-15H2,1-3H3. The molecule has 1 aliphatic heterocycles. The highest BCUT2D eigenvalue weighted by Gasteiger charge is 2.33.